The smallest absolute Gasteiger partial charge is 0.343 e. The minimum absolute atomic E-state index is 0.220. The van der Waals surface area contributed by atoms with E-state index >= 15 is 0 Å². The lowest BCUT2D eigenvalue weighted by Gasteiger charge is -2.23. The summed E-state index contributed by atoms with van der Waals surface area (Å²) in [6, 6.07) is 2.37. The molecule has 0 radical (unpaired) electrons. The summed E-state index contributed by atoms with van der Waals surface area (Å²) < 4.78 is 4.74. The summed E-state index contributed by atoms with van der Waals surface area (Å²) in [4.78, 5) is 12.1. The summed E-state index contributed by atoms with van der Waals surface area (Å²) in [5.74, 6) is -0.492. The first kappa shape index (κ1) is 13.7. The molecule has 1 fully saturated rings. The molecule has 0 spiro atoms. The number of carbonyl (C=O) groups excluding carboxylic acids is 1. The second-order valence-corrected chi connectivity index (χ2v) is 5.65. The SMILES string of the molecule is COC(=O)c1c(NC2CCCCC2)sc(C#N)c1N. The number of thiophene rings is 1. The van der Waals surface area contributed by atoms with Gasteiger partial charge in [0.15, 0.2) is 0 Å². The van der Waals surface area contributed by atoms with Crippen molar-refractivity contribution in [3.8, 4) is 6.07 Å². The fraction of sp³-hybridized carbons (Fsp3) is 0.538. The Bertz CT molecular complexity index is 513. The standard InChI is InChI=1S/C13H17N3O2S/c1-18-13(17)10-11(15)9(7-14)19-12(10)16-8-5-3-2-4-6-8/h8,16H,2-6,15H2,1H3. The zero-order chi connectivity index (χ0) is 13.8. The number of hydrogen-bond donors (Lipinski definition) is 2. The molecule has 0 atom stereocenters. The van der Waals surface area contributed by atoms with Crippen LogP contribution in [0.4, 0.5) is 10.7 Å². The van der Waals surface area contributed by atoms with Gasteiger partial charge in [-0.3, -0.25) is 0 Å². The third-order valence-corrected chi connectivity index (χ3v) is 4.42. The van der Waals surface area contributed by atoms with Crippen molar-refractivity contribution < 1.29 is 9.53 Å². The zero-order valence-corrected chi connectivity index (χ0v) is 11.7. The average Bonchev–Trinajstić information content (AvgIpc) is 2.75. The first-order valence-electron chi connectivity index (χ1n) is 6.34. The molecule has 1 aliphatic carbocycles. The molecule has 19 heavy (non-hydrogen) atoms. The molecule has 0 saturated heterocycles. The molecule has 3 N–H and O–H groups in total. The summed E-state index contributed by atoms with van der Waals surface area (Å²) >= 11 is 1.23. The molecule has 6 heteroatoms. The number of carbonyl (C=O) groups is 1. The van der Waals surface area contributed by atoms with Gasteiger partial charge >= 0.3 is 5.97 Å². The van der Waals surface area contributed by atoms with E-state index in [9.17, 15) is 4.79 Å². The molecule has 1 heterocycles. The Labute approximate surface area is 116 Å². The van der Waals surface area contributed by atoms with Crippen LogP contribution in [-0.2, 0) is 4.74 Å². The molecule has 0 bridgehead atoms. The molecule has 5 nitrogen and oxygen atoms in total. The van der Waals surface area contributed by atoms with Crippen molar-refractivity contribution in [3.63, 3.8) is 0 Å². The molecule has 0 aliphatic heterocycles. The van der Waals surface area contributed by atoms with E-state index in [4.69, 9.17) is 15.7 Å². The Morgan fingerprint density at radius 2 is 2.16 bits per heavy atom. The molecule has 1 saturated carbocycles. The van der Waals surface area contributed by atoms with Crippen molar-refractivity contribution in [2.24, 2.45) is 0 Å². The highest BCUT2D eigenvalue weighted by Crippen LogP contribution is 2.37. The van der Waals surface area contributed by atoms with Gasteiger partial charge in [-0.2, -0.15) is 5.26 Å². The fourth-order valence-corrected chi connectivity index (χ4v) is 3.35. The number of nitrogen functional groups attached to an aromatic ring is 1. The highest BCUT2D eigenvalue weighted by atomic mass is 32.1. The number of rotatable bonds is 3. The van der Waals surface area contributed by atoms with Gasteiger partial charge in [-0.1, -0.05) is 19.3 Å². The summed E-state index contributed by atoms with van der Waals surface area (Å²) in [7, 11) is 1.32. The van der Waals surface area contributed by atoms with Gasteiger partial charge < -0.3 is 15.8 Å². The number of ether oxygens (including phenoxy) is 1. The number of nitrogens with zero attached hydrogens (tertiary/aromatic N) is 1. The largest absolute Gasteiger partial charge is 0.465 e. The van der Waals surface area contributed by atoms with E-state index in [1.54, 1.807) is 0 Å². The van der Waals surface area contributed by atoms with E-state index < -0.39 is 5.97 Å². The van der Waals surface area contributed by atoms with Gasteiger partial charge in [-0.05, 0) is 12.8 Å². The van der Waals surface area contributed by atoms with Gasteiger partial charge in [-0.25, -0.2) is 4.79 Å². The van der Waals surface area contributed by atoms with Crippen LogP contribution in [0.1, 0.15) is 47.3 Å². The van der Waals surface area contributed by atoms with Crippen molar-refractivity contribution in [1.29, 1.82) is 5.26 Å². The van der Waals surface area contributed by atoms with Crippen LogP contribution in [0, 0.1) is 11.3 Å². The zero-order valence-electron chi connectivity index (χ0n) is 10.9. The Morgan fingerprint density at radius 1 is 1.47 bits per heavy atom. The number of nitrogens with one attached hydrogen (secondary N) is 1. The maximum Gasteiger partial charge on any atom is 0.343 e. The third-order valence-electron chi connectivity index (χ3n) is 3.38. The van der Waals surface area contributed by atoms with Crippen molar-refractivity contribution in [2.75, 3.05) is 18.2 Å². The van der Waals surface area contributed by atoms with Gasteiger partial charge in [0.25, 0.3) is 0 Å². The van der Waals surface area contributed by atoms with Crippen molar-refractivity contribution in [2.45, 2.75) is 38.1 Å². The van der Waals surface area contributed by atoms with Gasteiger partial charge in [0.2, 0.25) is 0 Å². The predicted octanol–water partition coefficient (Wildman–Crippen LogP) is 2.73. The first-order chi connectivity index (χ1) is 9.17. The van der Waals surface area contributed by atoms with Crippen molar-refractivity contribution in [1.82, 2.24) is 0 Å². The summed E-state index contributed by atoms with van der Waals surface area (Å²) in [5.41, 5.74) is 6.36. The van der Waals surface area contributed by atoms with Gasteiger partial charge in [-0.15, -0.1) is 11.3 Å². The van der Waals surface area contributed by atoms with E-state index in [1.165, 1.54) is 37.7 Å². The molecule has 2 rings (SSSR count). The Morgan fingerprint density at radius 3 is 2.74 bits per heavy atom. The average molecular weight is 279 g/mol. The van der Waals surface area contributed by atoms with Crippen LogP contribution in [0.5, 0.6) is 0 Å². The van der Waals surface area contributed by atoms with Crippen LogP contribution in [0.3, 0.4) is 0 Å². The second-order valence-electron chi connectivity index (χ2n) is 4.63. The second kappa shape index (κ2) is 5.93. The van der Waals surface area contributed by atoms with E-state index in [0.717, 1.165) is 12.8 Å². The fourth-order valence-electron chi connectivity index (χ4n) is 2.37. The Balaban J connectivity index is 2.27. The molecular formula is C13H17N3O2S. The number of nitriles is 1. The van der Waals surface area contributed by atoms with Crippen LogP contribution < -0.4 is 11.1 Å². The summed E-state index contributed by atoms with van der Waals surface area (Å²) in [6.45, 7) is 0. The maximum absolute atomic E-state index is 11.8. The van der Waals surface area contributed by atoms with Crippen molar-refractivity contribution >= 4 is 28.0 Å². The lowest BCUT2D eigenvalue weighted by Crippen LogP contribution is -2.23. The molecule has 0 aromatic carbocycles. The normalized spacial score (nSPS) is 15.8. The first-order valence-corrected chi connectivity index (χ1v) is 7.16. The van der Waals surface area contributed by atoms with Gasteiger partial charge in [0.1, 0.15) is 21.5 Å². The molecule has 1 aliphatic rings. The lowest BCUT2D eigenvalue weighted by atomic mass is 9.95. The number of anilines is 2. The number of hydrogen-bond acceptors (Lipinski definition) is 6. The minimum Gasteiger partial charge on any atom is -0.465 e. The molecule has 102 valence electrons. The maximum atomic E-state index is 11.8. The number of nitrogens with two attached hydrogens (primary N) is 1. The number of methoxy groups -OCH3 is 1. The van der Waals surface area contributed by atoms with Crippen LogP contribution >= 0.6 is 11.3 Å². The van der Waals surface area contributed by atoms with Crippen LogP contribution in [0.15, 0.2) is 0 Å². The van der Waals surface area contributed by atoms with Crippen LogP contribution in [-0.4, -0.2) is 19.1 Å². The molecule has 0 amide bonds. The molecule has 0 unspecified atom stereocenters. The van der Waals surface area contributed by atoms with E-state index in [2.05, 4.69) is 5.32 Å². The lowest BCUT2D eigenvalue weighted by molar-refractivity contribution is 0.0603. The molecule has 1 aromatic heterocycles. The summed E-state index contributed by atoms with van der Waals surface area (Å²) in [5, 5.41) is 13.0. The van der Waals surface area contributed by atoms with Gasteiger partial charge in [0.05, 0.1) is 12.8 Å². The quantitative estimate of drug-likeness (QED) is 0.830. The summed E-state index contributed by atoms with van der Waals surface area (Å²) in [6.07, 6.45) is 5.81. The van der Waals surface area contributed by atoms with E-state index in [0.29, 0.717) is 21.5 Å². The van der Waals surface area contributed by atoms with Crippen LogP contribution in [0.2, 0.25) is 0 Å². The highest BCUT2D eigenvalue weighted by molar-refractivity contribution is 7.17. The Hall–Kier alpha value is -1.74. The third kappa shape index (κ3) is 2.82. The molecular weight excluding hydrogens is 262 g/mol. The molecule has 1 aromatic rings. The van der Waals surface area contributed by atoms with Crippen molar-refractivity contribution in [3.05, 3.63) is 10.4 Å². The number of esters is 1. The predicted molar refractivity (Wildman–Crippen MR) is 75.3 cm³/mol. The minimum atomic E-state index is -0.492. The van der Waals surface area contributed by atoms with E-state index in [-0.39, 0.29) is 5.69 Å². The monoisotopic (exact) mass is 279 g/mol. The van der Waals surface area contributed by atoms with Gasteiger partial charge in [0, 0.05) is 6.04 Å². The Kier molecular flexibility index (Phi) is 4.27. The topological polar surface area (TPSA) is 88.1 Å². The van der Waals surface area contributed by atoms with Crippen LogP contribution in [0.25, 0.3) is 0 Å². The van der Waals surface area contributed by atoms with E-state index in [1.807, 2.05) is 6.07 Å². The highest BCUT2D eigenvalue weighted by Gasteiger charge is 2.25.